The van der Waals surface area contributed by atoms with Crippen molar-refractivity contribution in [2.75, 3.05) is 33.2 Å². The van der Waals surface area contributed by atoms with Crippen LogP contribution in [0.5, 0.6) is 17.2 Å². The molecule has 0 heterocycles. The highest BCUT2D eigenvalue weighted by Gasteiger charge is 2.21. The topological polar surface area (TPSA) is 103 Å². The van der Waals surface area contributed by atoms with Gasteiger partial charge in [-0.05, 0) is 44.7 Å². The molecule has 9 nitrogen and oxygen atoms in total. The molecule has 0 spiro atoms. The van der Waals surface area contributed by atoms with Crippen LogP contribution < -0.4 is 19.5 Å². The van der Waals surface area contributed by atoms with Crippen molar-refractivity contribution in [1.82, 2.24) is 4.90 Å². The van der Waals surface area contributed by atoms with Gasteiger partial charge in [-0.25, -0.2) is 0 Å². The van der Waals surface area contributed by atoms with Gasteiger partial charge in [-0.1, -0.05) is 6.07 Å². The Balaban J connectivity index is 2.11. The molecule has 0 aliphatic carbocycles. The number of hydrogen-bond acceptors (Lipinski definition) is 7. The van der Waals surface area contributed by atoms with Crippen molar-refractivity contribution in [1.29, 1.82) is 0 Å². The quantitative estimate of drug-likeness (QED) is 0.466. The third-order valence-corrected chi connectivity index (χ3v) is 4.65. The average molecular weight is 417 g/mol. The number of ether oxygens (including phenoxy) is 3. The van der Waals surface area contributed by atoms with Crippen molar-refractivity contribution in [3.8, 4) is 17.2 Å². The maximum Gasteiger partial charge on any atom is 0.271 e. The van der Waals surface area contributed by atoms with Gasteiger partial charge in [0.15, 0.2) is 11.5 Å². The monoisotopic (exact) mass is 417 g/mol. The van der Waals surface area contributed by atoms with Crippen LogP contribution in [0.25, 0.3) is 0 Å². The number of nitrogens with zero attached hydrogens (tertiary/aromatic N) is 2. The molecule has 0 aliphatic rings. The van der Waals surface area contributed by atoms with Crippen molar-refractivity contribution in [2.24, 2.45) is 0 Å². The van der Waals surface area contributed by atoms with Crippen molar-refractivity contribution in [3.63, 3.8) is 0 Å². The molecule has 2 aromatic rings. The molecule has 1 atom stereocenters. The first-order valence-corrected chi connectivity index (χ1v) is 9.43. The zero-order chi connectivity index (χ0) is 22.3. The molecule has 9 heteroatoms. The summed E-state index contributed by atoms with van der Waals surface area (Å²) in [6.45, 7) is 4.68. The summed E-state index contributed by atoms with van der Waals surface area (Å²) in [6.07, 6.45) is 0. The molecule has 2 rings (SSSR count). The summed E-state index contributed by atoms with van der Waals surface area (Å²) in [7, 11) is 4.83. The van der Waals surface area contributed by atoms with Gasteiger partial charge < -0.3 is 19.5 Å². The van der Waals surface area contributed by atoms with Gasteiger partial charge in [0.1, 0.15) is 5.75 Å². The number of nitro groups is 1. The maximum absolute atomic E-state index is 12.7. The van der Waals surface area contributed by atoms with E-state index in [2.05, 4.69) is 5.32 Å². The normalized spacial score (nSPS) is 11.7. The van der Waals surface area contributed by atoms with Gasteiger partial charge in [0.25, 0.3) is 5.69 Å². The molecule has 0 aliphatic heterocycles. The van der Waals surface area contributed by atoms with Gasteiger partial charge in [-0.15, -0.1) is 0 Å². The molecule has 0 bridgehead atoms. The minimum Gasteiger partial charge on any atom is -0.495 e. The Kier molecular flexibility index (Phi) is 7.99. The molecule has 0 saturated heterocycles. The zero-order valence-corrected chi connectivity index (χ0v) is 17.8. The fraction of sp³-hybridized carbons (Fsp3) is 0.381. The molecule has 0 saturated carbocycles. The zero-order valence-electron chi connectivity index (χ0n) is 17.8. The SMILES string of the molecule is CCOc1ccc(CN(C)[C@@H](C)C(=O)Nc2cc([N+](=O)[O-])ccc2OC)cc1OC. The Morgan fingerprint density at radius 3 is 2.40 bits per heavy atom. The van der Waals surface area contributed by atoms with E-state index in [0.717, 1.165) is 5.56 Å². The molecule has 0 aromatic heterocycles. The van der Waals surface area contributed by atoms with Crippen LogP contribution in [-0.4, -0.2) is 49.6 Å². The molecule has 0 fully saturated rings. The van der Waals surface area contributed by atoms with E-state index in [1.54, 1.807) is 14.0 Å². The number of carbonyl (C=O) groups excluding carboxylic acids is 1. The second kappa shape index (κ2) is 10.4. The Bertz CT molecular complexity index is 902. The number of non-ortho nitro benzene ring substituents is 1. The summed E-state index contributed by atoms with van der Waals surface area (Å²) < 4.78 is 16.1. The molecule has 0 radical (unpaired) electrons. The molecule has 0 unspecified atom stereocenters. The summed E-state index contributed by atoms with van der Waals surface area (Å²) in [5.41, 5.74) is 1.07. The third kappa shape index (κ3) is 5.60. The van der Waals surface area contributed by atoms with Gasteiger partial charge in [0, 0.05) is 18.7 Å². The number of benzene rings is 2. The van der Waals surface area contributed by atoms with E-state index in [9.17, 15) is 14.9 Å². The smallest absolute Gasteiger partial charge is 0.271 e. The maximum atomic E-state index is 12.7. The minimum atomic E-state index is -0.524. The minimum absolute atomic E-state index is 0.131. The second-order valence-electron chi connectivity index (χ2n) is 6.64. The highest BCUT2D eigenvalue weighted by atomic mass is 16.6. The molecule has 30 heavy (non-hydrogen) atoms. The van der Waals surface area contributed by atoms with E-state index in [1.807, 2.05) is 37.1 Å². The number of nitro benzene ring substituents is 1. The van der Waals surface area contributed by atoms with E-state index >= 15 is 0 Å². The molecule has 1 N–H and O–H groups in total. The number of nitrogens with one attached hydrogen (secondary N) is 1. The first-order valence-electron chi connectivity index (χ1n) is 9.43. The lowest BCUT2D eigenvalue weighted by Crippen LogP contribution is -2.39. The lowest BCUT2D eigenvalue weighted by Gasteiger charge is -2.24. The van der Waals surface area contributed by atoms with E-state index in [0.29, 0.717) is 30.4 Å². The van der Waals surface area contributed by atoms with Crippen molar-refractivity contribution < 1.29 is 23.9 Å². The van der Waals surface area contributed by atoms with Crippen LogP contribution in [0.4, 0.5) is 11.4 Å². The number of carbonyl (C=O) groups is 1. The summed E-state index contributed by atoms with van der Waals surface area (Å²) in [4.78, 5) is 25.1. The Morgan fingerprint density at radius 2 is 1.80 bits per heavy atom. The fourth-order valence-corrected chi connectivity index (χ4v) is 2.85. The van der Waals surface area contributed by atoms with E-state index < -0.39 is 11.0 Å². The van der Waals surface area contributed by atoms with Crippen LogP contribution in [0, 0.1) is 10.1 Å². The van der Waals surface area contributed by atoms with Crippen LogP contribution in [0.1, 0.15) is 19.4 Å². The summed E-state index contributed by atoms with van der Waals surface area (Å²) in [5, 5.41) is 13.7. The van der Waals surface area contributed by atoms with Gasteiger partial charge in [0.2, 0.25) is 5.91 Å². The first kappa shape index (κ1) is 23.0. The molecule has 2 aromatic carbocycles. The Hall–Kier alpha value is -3.33. The highest BCUT2D eigenvalue weighted by molar-refractivity contribution is 5.96. The third-order valence-electron chi connectivity index (χ3n) is 4.65. The van der Waals surface area contributed by atoms with E-state index in [1.165, 1.54) is 25.3 Å². The van der Waals surface area contributed by atoms with E-state index in [-0.39, 0.29) is 17.3 Å². The second-order valence-corrected chi connectivity index (χ2v) is 6.64. The predicted molar refractivity (Wildman–Crippen MR) is 113 cm³/mol. The van der Waals surface area contributed by atoms with E-state index in [4.69, 9.17) is 14.2 Å². The number of hydrogen-bond donors (Lipinski definition) is 1. The Labute approximate surface area is 175 Å². The fourth-order valence-electron chi connectivity index (χ4n) is 2.85. The Morgan fingerprint density at radius 1 is 1.13 bits per heavy atom. The van der Waals surface area contributed by atoms with Crippen molar-refractivity contribution >= 4 is 17.3 Å². The number of amides is 1. The summed E-state index contributed by atoms with van der Waals surface area (Å²) in [6, 6.07) is 9.17. The van der Waals surface area contributed by atoms with Gasteiger partial charge in [0.05, 0.1) is 37.5 Å². The van der Waals surface area contributed by atoms with Crippen molar-refractivity contribution in [2.45, 2.75) is 26.4 Å². The number of rotatable bonds is 10. The number of likely N-dealkylation sites (N-methyl/N-ethyl adjacent to an activating group) is 1. The molecular formula is C21H27N3O6. The molecule has 1 amide bonds. The lowest BCUT2D eigenvalue weighted by molar-refractivity contribution is -0.384. The van der Waals surface area contributed by atoms with Gasteiger partial charge in [-0.2, -0.15) is 0 Å². The predicted octanol–water partition coefficient (Wildman–Crippen LogP) is 3.47. The first-order chi connectivity index (χ1) is 14.3. The van der Waals surface area contributed by atoms with Crippen LogP contribution >= 0.6 is 0 Å². The standard InChI is InChI=1S/C21H27N3O6/c1-6-30-19-9-7-15(11-20(19)29-5)13-23(3)14(2)21(25)22-17-12-16(24(26)27)8-10-18(17)28-4/h7-12,14H,6,13H2,1-5H3,(H,22,25)/t14-/m0/s1. The van der Waals surface area contributed by atoms with Crippen molar-refractivity contribution in [3.05, 3.63) is 52.1 Å². The van der Waals surface area contributed by atoms with Gasteiger partial charge >= 0.3 is 0 Å². The van der Waals surface area contributed by atoms with Crippen LogP contribution in [-0.2, 0) is 11.3 Å². The molecule has 162 valence electrons. The summed E-state index contributed by atoms with van der Waals surface area (Å²) >= 11 is 0. The van der Waals surface area contributed by atoms with Crippen LogP contribution in [0.2, 0.25) is 0 Å². The van der Waals surface area contributed by atoms with Crippen LogP contribution in [0.3, 0.4) is 0 Å². The van der Waals surface area contributed by atoms with Crippen LogP contribution in [0.15, 0.2) is 36.4 Å². The highest BCUT2D eigenvalue weighted by Crippen LogP contribution is 2.30. The average Bonchev–Trinajstić information content (AvgIpc) is 2.74. The lowest BCUT2D eigenvalue weighted by atomic mass is 10.1. The molecular weight excluding hydrogens is 390 g/mol. The van der Waals surface area contributed by atoms with Gasteiger partial charge in [-0.3, -0.25) is 19.8 Å². The summed E-state index contributed by atoms with van der Waals surface area (Å²) in [5.74, 6) is 1.32. The number of anilines is 1. The largest absolute Gasteiger partial charge is 0.495 e. The number of methoxy groups -OCH3 is 2.